The predicted molar refractivity (Wildman–Crippen MR) is 63.1 cm³/mol. The Balaban J connectivity index is 2.11. The van der Waals surface area contributed by atoms with Gasteiger partial charge >= 0.3 is 22.4 Å². The van der Waals surface area contributed by atoms with Gasteiger partial charge in [0.15, 0.2) is 6.04 Å². The van der Waals surface area contributed by atoms with Gasteiger partial charge < -0.3 is 9.52 Å². The number of nitrogens with zero attached hydrogens (tertiary/aromatic N) is 2. The van der Waals surface area contributed by atoms with Crippen LogP contribution < -0.4 is 0 Å². The lowest BCUT2D eigenvalue weighted by atomic mass is 9.99. The van der Waals surface area contributed by atoms with Gasteiger partial charge in [-0.3, -0.25) is 9.45 Å². The normalized spacial score (nSPS) is 24.4. The number of aliphatic carboxylic acids is 1. The van der Waals surface area contributed by atoms with Crippen molar-refractivity contribution in [2.75, 3.05) is 6.54 Å². The first-order chi connectivity index (χ1) is 9.69. The number of furan rings is 1. The number of carboxylic acid groups (broad SMARTS) is 1. The molecule has 0 aromatic carbocycles. The molecular weight excluding hydrogens is 308 g/mol. The van der Waals surface area contributed by atoms with E-state index in [1.165, 1.54) is 6.07 Å². The van der Waals surface area contributed by atoms with Crippen LogP contribution in [-0.4, -0.2) is 46.6 Å². The topological polar surface area (TPSA) is 138 Å². The third-order valence-electron chi connectivity index (χ3n) is 3.33. The summed E-state index contributed by atoms with van der Waals surface area (Å²) < 4.78 is 40.0. The second-order valence-electron chi connectivity index (χ2n) is 4.70. The summed E-state index contributed by atoms with van der Waals surface area (Å²) in [6.45, 7) is 1.51. The number of rotatable bonds is 3. The lowest BCUT2D eigenvalue weighted by Crippen LogP contribution is -2.38. The molecule has 2 aliphatic heterocycles. The Morgan fingerprint density at radius 1 is 1.52 bits per heavy atom. The fraction of sp³-hybridized carbons (Fsp3) is 0.400. The van der Waals surface area contributed by atoms with E-state index in [-0.39, 0.29) is 12.3 Å². The SMILES string of the molecule is Cc1cc2c(o1)C(C(=O)O)N1CC2N(OS(=O)(=O)O)C1=O. The maximum absolute atomic E-state index is 12.1. The van der Waals surface area contributed by atoms with Gasteiger partial charge in [0, 0.05) is 5.56 Å². The molecule has 1 aromatic rings. The summed E-state index contributed by atoms with van der Waals surface area (Å²) in [6.07, 6.45) is 0. The summed E-state index contributed by atoms with van der Waals surface area (Å²) in [6, 6.07) is -1.71. The van der Waals surface area contributed by atoms with Crippen molar-refractivity contribution in [3.63, 3.8) is 0 Å². The minimum atomic E-state index is -4.91. The van der Waals surface area contributed by atoms with Gasteiger partial charge in [0.1, 0.15) is 17.6 Å². The fourth-order valence-corrected chi connectivity index (χ4v) is 3.01. The molecule has 2 bridgehead atoms. The van der Waals surface area contributed by atoms with Crippen LogP contribution >= 0.6 is 0 Å². The molecule has 0 aliphatic carbocycles. The number of amides is 2. The summed E-state index contributed by atoms with van der Waals surface area (Å²) >= 11 is 0. The summed E-state index contributed by atoms with van der Waals surface area (Å²) in [4.78, 5) is 24.4. The maximum atomic E-state index is 12.1. The van der Waals surface area contributed by atoms with Crippen molar-refractivity contribution in [2.24, 2.45) is 0 Å². The van der Waals surface area contributed by atoms with E-state index in [1.54, 1.807) is 6.92 Å². The van der Waals surface area contributed by atoms with Crippen LogP contribution in [0.25, 0.3) is 0 Å². The molecule has 3 rings (SSSR count). The van der Waals surface area contributed by atoms with E-state index in [1.807, 2.05) is 0 Å². The molecule has 10 nitrogen and oxygen atoms in total. The molecule has 1 fully saturated rings. The zero-order valence-electron chi connectivity index (χ0n) is 10.6. The van der Waals surface area contributed by atoms with Gasteiger partial charge in [0.05, 0.1) is 6.54 Å². The zero-order chi connectivity index (χ0) is 15.5. The van der Waals surface area contributed by atoms with Crippen molar-refractivity contribution < 1.29 is 36.4 Å². The van der Waals surface area contributed by atoms with Crippen LogP contribution in [0, 0.1) is 6.92 Å². The van der Waals surface area contributed by atoms with E-state index in [0.29, 0.717) is 16.4 Å². The van der Waals surface area contributed by atoms with E-state index >= 15 is 0 Å². The Kier molecular flexibility index (Phi) is 2.77. The molecule has 0 spiro atoms. The van der Waals surface area contributed by atoms with Gasteiger partial charge in [-0.1, -0.05) is 0 Å². The van der Waals surface area contributed by atoms with E-state index in [4.69, 9.17) is 8.97 Å². The van der Waals surface area contributed by atoms with Crippen LogP contribution in [0.2, 0.25) is 0 Å². The Morgan fingerprint density at radius 2 is 2.19 bits per heavy atom. The molecule has 1 aromatic heterocycles. The first-order valence-corrected chi connectivity index (χ1v) is 7.15. The fourth-order valence-electron chi connectivity index (χ4n) is 2.64. The molecule has 11 heteroatoms. The summed E-state index contributed by atoms with van der Waals surface area (Å²) in [5.41, 5.74) is 0.339. The van der Waals surface area contributed by atoms with Crippen LogP contribution in [0.3, 0.4) is 0 Å². The third kappa shape index (κ3) is 2.05. The summed E-state index contributed by atoms with van der Waals surface area (Å²) in [5, 5.41) is 9.71. The Hall–Kier alpha value is -2.11. The number of carboxylic acids is 1. The first-order valence-electron chi connectivity index (χ1n) is 5.79. The van der Waals surface area contributed by atoms with Gasteiger partial charge in [-0.2, -0.15) is 13.5 Å². The number of hydrogen-bond acceptors (Lipinski definition) is 6. The molecule has 1 saturated heterocycles. The van der Waals surface area contributed by atoms with E-state index in [0.717, 1.165) is 4.90 Å². The second kappa shape index (κ2) is 4.19. The molecule has 2 atom stereocenters. The van der Waals surface area contributed by atoms with Crippen molar-refractivity contribution in [2.45, 2.75) is 19.0 Å². The highest BCUT2D eigenvalue weighted by molar-refractivity contribution is 7.80. The van der Waals surface area contributed by atoms with Gasteiger partial charge in [-0.15, -0.1) is 4.28 Å². The highest BCUT2D eigenvalue weighted by Crippen LogP contribution is 2.45. The van der Waals surface area contributed by atoms with Crippen LogP contribution in [0.1, 0.15) is 29.2 Å². The zero-order valence-corrected chi connectivity index (χ0v) is 11.4. The molecule has 2 amide bonds. The first kappa shape index (κ1) is 13.9. The molecular formula is C10H10N2O8S. The maximum Gasteiger partial charge on any atom is 0.418 e. The monoisotopic (exact) mass is 318 g/mol. The van der Waals surface area contributed by atoms with Gasteiger partial charge in [0.2, 0.25) is 0 Å². The number of carbonyl (C=O) groups is 2. The number of aryl methyl sites for hydroxylation is 1. The molecule has 0 saturated carbocycles. The molecule has 114 valence electrons. The minimum Gasteiger partial charge on any atom is -0.479 e. The van der Waals surface area contributed by atoms with Crippen molar-refractivity contribution in [1.82, 2.24) is 9.96 Å². The average Bonchev–Trinajstić information content (AvgIpc) is 2.82. The predicted octanol–water partition coefficient (Wildman–Crippen LogP) is 0.240. The van der Waals surface area contributed by atoms with Crippen LogP contribution in [-0.2, 0) is 19.5 Å². The van der Waals surface area contributed by atoms with Crippen molar-refractivity contribution >= 4 is 22.4 Å². The second-order valence-corrected chi connectivity index (χ2v) is 5.70. The molecule has 2 unspecified atom stereocenters. The number of fused-ring (bicyclic) bond motifs is 4. The number of hydroxylamine groups is 2. The quantitative estimate of drug-likeness (QED) is 0.756. The lowest BCUT2D eigenvalue weighted by Gasteiger charge is -2.25. The molecule has 2 aliphatic rings. The van der Waals surface area contributed by atoms with E-state index in [2.05, 4.69) is 4.28 Å². The Morgan fingerprint density at radius 3 is 2.76 bits per heavy atom. The van der Waals surface area contributed by atoms with Crippen LogP contribution in [0.4, 0.5) is 4.79 Å². The molecule has 21 heavy (non-hydrogen) atoms. The van der Waals surface area contributed by atoms with Gasteiger partial charge in [-0.05, 0) is 13.0 Å². The summed E-state index contributed by atoms with van der Waals surface area (Å²) in [5.74, 6) is -0.851. The van der Waals surface area contributed by atoms with Crippen molar-refractivity contribution in [3.8, 4) is 0 Å². The highest BCUT2D eigenvalue weighted by Gasteiger charge is 2.54. The lowest BCUT2D eigenvalue weighted by molar-refractivity contribution is -0.143. The van der Waals surface area contributed by atoms with E-state index < -0.39 is 34.5 Å². The van der Waals surface area contributed by atoms with Crippen molar-refractivity contribution in [3.05, 3.63) is 23.2 Å². The van der Waals surface area contributed by atoms with Gasteiger partial charge in [-0.25, -0.2) is 9.59 Å². The highest BCUT2D eigenvalue weighted by atomic mass is 32.3. The van der Waals surface area contributed by atoms with Crippen molar-refractivity contribution in [1.29, 1.82) is 0 Å². The average molecular weight is 318 g/mol. The number of carbonyl (C=O) groups excluding carboxylic acids is 1. The van der Waals surface area contributed by atoms with Crippen LogP contribution in [0.15, 0.2) is 10.5 Å². The number of hydrogen-bond donors (Lipinski definition) is 2. The van der Waals surface area contributed by atoms with Crippen LogP contribution in [0.5, 0.6) is 0 Å². The molecule has 2 N–H and O–H groups in total. The summed E-state index contributed by atoms with van der Waals surface area (Å²) in [7, 11) is -4.91. The Labute approximate surface area is 118 Å². The molecule has 3 heterocycles. The van der Waals surface area contributed by atoms with Gasteiger partial charge in [0.25, 0.3) is 0 Å². The largest absolute Gasteiger partial charge is 0.479 e. The smallest absolute Gasteiger partial charge is 0.418 e. The third-order valence-corrected chi connectivity index (χ3v) is 3.68. The van der Waals surface area contributed by atoms with E-state index in [9.17, 15) is 23.1 Å². The standard InChI is InChI=1S/C10H10N2O8S/c1-4-2-5-6-3-11(7(9(13)14)8(5)19-4)10(15)12(6)20-21(16,17)18/h2,6-7H,3H2,1H3,(H,13,14)(H,16,17,18). The Bertz CT molecular complexity index is 738. The number of urea groups is 1. The minimum absolute atomic E-state index is 0.0473. The molecule has 0 radical (unpaired) electrons.